The van der Waals surface area contributed by atoms with Gasteiger partial charge < -0.3 is 5.32 Å². The predicted octanol–water partition coefficient (Wildman–Crippen LogP) is 2.52. The van der Waals surface area contributed by atoms with Gasteiger partial charge in [-0.2, -0.15) is 0 Å². The summed E-state index contributed by atoms with van der Waals surface area (Å²) in [5.41, 5.74) is 0.236. The minimum atomic E-state index is -0.470. The van der Waals surface area contributed by atoms with Crippen molar-refractivity contribution in [1.29, 1.82) is 0 Å². The molecule has 4 nitrogen and oxygen atoms in total. The molecule has 0 bridgehead atoms. The molecule has 2 heterocycles. The summed E-state index contributed by atoms with van der Waals surface area (Å²) in [5.74, 6) is -0.666. The Morgan fingerprint density at radius 2 is 2.12 bits per heavy atom. The van der Waals surface area contributed by atoms with Crippen LogP contribution in [0.3, 0.4) is 0 Å². The van der Waals surface area contributed by atoms with Crippen LogP contribution >= 0.6 is 11.6 Å². The van der Waals surface area contributed by atoms with Crippen LogP contribution in [0.4, 0.5) is 10.2 Å². The molecule has 6 heteroatoms. The van der Waals surface area contributed by atoms with Crippen molar-refractivity contribution in [1.82, 2.24) is 9.97 Å². The zero-order valence-electron chi connectivity index (χ0n) is 8.52. The SMILES string of the molecule is O=C(Nc1ccc(F)cn1)c1cccnc1Cl. The Labute approximate surface area is 101 Å². The van der Waals surface area contributed by atoms with Crippen molar-refractivity contribution in [2.24, 2.45) is 0 Å². The van der Waals surface area contributed by atoms with E-state index >= 15 is 0 Å². The number of pyridine rings is 2. The van der Waals surface area contributed by atoms with E-state index < -0.39 is 11.7 Å². The number of anilines is 1. The Bertz CT molecular complexity index is 545. The Hall–Kier alpha value is -2.01. The fraction of sp³-hybridized carbons (Fsp3) is 0. The van der Waals surface area contributed by atoms with E-state index in [2.05, 4.69) is 15.3 Å². The maximum Gasteiger partial charge on any atom is 0.259 e. The highest BCUT2D eigenvalue weighted by molar-refractivity contribution is 6.33. The normalized spacial score (nSPS) is 10.0. The van der Waals surface area contributed by atoms with Gasteiger partial charge in [0.25, 0.3) is 5.91 Å². The maximum atomic E-state index is 12.6. The first-order valence-electron chi connectivity index (χ1n) is 4.70. The molecule has 0 aliphatic carbocycles. The number of nitrogens with one attached hydrogen (secondary N) is 1. The largest absolute Gasteiger partial charge is 0.306 e. The first kappa shape index (κ1) is 11.5. The van der Waals surface area contributed by atoms with Crippen LogP contribution in [0.15, 0.2) is 36.7 Å². The van der Waals surface area contributed by atoms with Crippen molar-refractivity contribution in [3.63, 3.8) is 0 Å². The number of halogens is 2. The van der Waals surface area contributed by atoms with Crippen molar-refractivity contribution >= 4 is 23.3 Å². The highest BCUT2D eigenvalue weighted by Gasteiger charge is 2.11. The van der Waals surface area contributed by atoms with Crippen LogP contribution in [0.2, 0.25) is 5.15 Å². The summed E-state index contributed by atoms with van der Waals surface area (Å²) in [5, 5.41) is 2.59. The highest BCUT2D eigenvalue weighted by Crippen LogP contribution is 2.13. The fourth-order valence-corrected chi connectivity index (χ4v) is 1.39. The van der Waals surface area contributed by atoms with Crippen molar-refractivity contribution in [2.45, 2.75) is 0 Å². The summed E-state index contributed by atoms with van der Waals surface area (Å²) in [6.07, 6.45) is 2.50. The molecule has 0 saturated carbocycles. The van der Waals surface area contributed by atoms with Gasteiger partial charge in [0.1, 0.15) is 16.8 Å². The van der Waals surface area contributed by atoms with Gasteiger partial charge in [-0.15, -0.1) is 0 Å². The lowest BCUT2D eigenvalue weighted by Gasteiger charge is -2.04. The van der Waals surface area contributed by atoms with Crippen LogP contribution < -0.4 is 5.32 Å². The molecular formula is C11H7ClFN3O. The highest BCUT2D eigenvalue weighted by atomic mass is 35.5. The van der Waals surface area contributed by atoms with E-state index in [9.17, 15) is 9.18 Å². The average molecular weight is 252 g/mol. The second-order valence-electron chi connectivity index (χ2n) is 3.16. The van der Waals surface area contributed by atoms with Gasteiger partial charge in [-0.05, 0) is 24.3 Å². The second-order valence-corrected chi connectivity index (χ2v) is 3.52. The second kappa shape index (κ2) is 4.88. The number of hydrogen-bond donors (Lipinski definition) is 1. The van der Waals surface area contributed by atoms with E-state index in [1.807, 2.05) is 0 Å². The summed E-state index contributed by atoms with van der Waals surface area (Å²) in [6, 6.07) is 5.69. The van der Waals surface area contributed by atoms with Gasteiger partial charge in [-0.3, -0.25) is 4.79 Å². The minimum Gasteiger partial charge on any atom is -0.306 e. The average Bonchev–Trinajstić information content (AvgIpc) is 2.32. The molecule has 0 aromatic carbocycles. The molecular weight excluding hydrogens is 245 g/mol. The van der Waals surface area contributed by atoms with Gasteiger partial charge in [0, 0.05) is 6.20 Å². The molecule has 0 atom stereocenters. The monoisotopic (exact) mass is 251 g/mol. The molecule has 0 unspecified atom stereocenters. The number of hydrogen-bond acceptors (Lipinski definition) is 3. The lowest BCUT2D eigenvalue weighted by molar-refractivity contribution is 0.102. The lowest BCUT2D eigenvalue weighted by Crippen LogP contribution is -2.13. The summed E-state index contributed by atoms with van der Waals surface area (Å²) in [7, 11) is 0. The fourth-order valence-electron chi connectivity index (χ4n) is 1.19. The molecule has 2 rings (SSSR count). The zero-order valence-corrected chi connectivity index (χ0v) is 9.28. The van der Waals surface area contributed by atoms with E-state index in [4.69, 9.17) is 11.6 Å². The number of carbonyl (C=O) groups excluding carboxylic acids is 1. The Morgan fingerprint density at radius 1 is 1.29 bits per heavy atom. The molecule has 17 heavy (non-hydrogen) atoms. The third-order valence-electron chi connectivity index (χ3n) is 1.97. The van der Waals surface area contributed by atoms with Crippen LogP contribution in [0.25, 0.3) is 0 Å². The van der Waals surface area contributed by atoms with Crippen molar-refractivity contribution in [3.8, 4) is 0 Å². The van der Waals surface area contributed by atoms with E-state index in [1.54, 1.807) is 6.07 Å². The molecule has 0 aliphatic rings. The van der Waals surface area contributed by atoms with Gasteiger partial charge in [-0.1, -0.05) is 11.6 Å². The third-order valence-corrected chi connectivity index (χ3v) is 2.27. The first-order valence-corrected chi connectivity index (χ1v) is 5.08. The summed E-state index contributed by atoms with van der Waals surface area (Å²) in [6.45, 7) is 0. The van der Waals surface area contributed by atoms with Crippen molar-refractivity contribution in [2.75, 3.05) is 5.32 Å². The van der Waals surface area contributed by atoms with E-state index in [1.165, 1.54) is 24.4 Å². The predicted molar refractivity (Wildman–Crippen MR) is 61.4 cm³/mol. The van der Waals surface area contributed by atoms with Gasteiger partial charge in [0.05, 0.1) is 11.8 Å². The van der Waals surface area contributed by atoms with Gasteiger partial charge in [-0.25, -0.2) is 14.4 Å². The van der Waals surface area contributed by atoms with Crippen molar-refractivity contribution in [3.05, 3.63) is 53.2 Å². The number of nitrogens with zero attached hydrogens (tertiary/aromatic N) is 2. The molecule has 86 valence electrons. The van der Waals surface area contributed by atoms with Gasteiger partial charge in [0.15, 0.2) is 0 Å². The summed E-state index contributed by atoms with van der Waals surface area (Å²) >= 11 is 5.76. The van der Waals surface area contributed by atoms with Crippen LogP contribution in [0, 0.1) is 5.82 Å². The summed E-state index contributed by atoms with van der Waals surface area (Å²) in [4.78, 5) is 19.2. The number of rotatable bonds is 2. The third kappa shape index (κ3) is 2.76. The molecule has 0 saturated heterocycles. The maximum absolute atomic E-state index is 12.6. The molecule has 1 N–H and O–H groups in total. The molecule has 0 spiro atoms. The van der Waals surface area contributed by atoms with Crippen LogP contribution in [-0.2, 0) is 0 Å². The minimum absolute atomic E-state index is 0.104. The van der Waals surface area contributed by atoms with Crippen LogP contribution in [0.1, 0.15) is 10.4 Å². The zero-order chi connectivity index (χ0) is 12.3. The quantitative estimate of drug-likeness (QED) is 0.835. The molecule has 2 aromatic heterocycles. The van der Waals surface area contributed by atoms with Crippen LogP contribution in [0.5, 0.6) is 0 Å². The molecule has 0 aliphatic heterocycles. The standard InChI is InChI=1S/C11H7ClFN3O/c12-10-8(2-1-5-14-10)11(17)16-9-4-3-7(13)6-15-9/h1-6H,(H,15,16,17). The van der Waals surface area contributed by atoms with E-state index in [0.29, 0.717) is 0 Å². The van der Waals surface area contributed by atoms with Gasteiger partial charge >= 0.3 is 0 Å². The number of carbonyl (C=O) groups is 1. The topological polar surface area (TPSA) is 54.9 Å². The Balaban J connectivity index is 2.17. The smallest absolute Gasteiger partial charge is 0.259 e. The molecule has 0 fully saturated rings. The molecule has 1 amide bonds. The first-order chi connectivity index (χ1) is 8.16. The lowest BCUT2D eigenvalue weighted by atomic mass is 10.2. The number of amides is 1. The Morgan fingerprint density at radius 3 is 2.76 bits per heavy atom. The van der Waals surface area contributed by atoms with E-state index in [0.717, 1.165) is 6.20 Å². The van der Waals surface area contributed by atoms with Crippen LogP contribution in [-0.4, -0.2) is 15.9 Å². The Kier molecular flexibility index (Phi) is 3.30. The molecule has 0 radical (unpaired) electrons. The van der Waals surface area contributed by atoms with Crippen molar-refractivity contribution < 1.29 is 9.18 Å². The number of aromatic nitrogens is 2. The van der Waals surface area contributed by atoms with Gasteiger partial charge in [0.2, 0.25) is 0 Å². The molecule has 2 aromatic rings. The van der Waals surface area contributed by atoms with E-state index in [-0.39, 0.29) is 16.5 Å². The summed E-state index contributed by atoms with van der Waals surface area (Å²) < 4.78 is 12.6.